The van der Waals surface area contributed by atoms with Crippen LogP contribution in [0.3, 0.4) is 0 Å². The molecule has 0 unspecified atom stereocenters. The molecule has 8 aromatic carbocycles. The van der Waals surface area contributed by atoms with Crippen LogP contribution in [0, 0.1) is 0 Å². The minimum atomic E-state index is -0.411. The number of hydrogen-bond donors (Lipinski definition) is 0. The van der Waals surface area contributed by atoms with Crippen LogP contribution in [0.2, 0.25) is 0 Å². The van der Waals surface area contributed by atoms with Gasteiger partial charge in [0.15, 0.2) is 0 Å². The lowest BCUT2D eigenvalue weighted by Crippen LogP contribution is -2.26. The third kappa shape index (κ3) is 4.49. The summed E-state index contributed by atoms with van der Waals surface area (Å²) in [4.78, 5) is 2.42. The van der Waals surface area contributed by atoms with Crippen LogP contribution >= 0.6 is 0 Å². The van der Waals surface area contributed by atoms with E-state index in [1.165, 1.54) is 77.4 Å². The summed E-state index contributed by atoms with van der Waals surface area (Å²) < 4.78 is 2.39. The van der Waals surface area contributed by atoms with Gasteiger partial charge in [0.05, 0.1) is 16.4 Å². The number of hydrogen-bond acceptors (Lipinski definition) is 1. The van der Waals surface area contributed by atoms with Crippen molar-refractivity contribution in [2.24, 2.45) is 0 Å². The highest BCUT2D eigenvalue weighted by Crippen LogP contribution is 2.63. The zero-order valence-corrected chi connectivity index (χ0v) is 31.1. The van der Waals surface area contributed by atoms with Crippen molar-refractivity contribution in [1.29, 1.82) is 0 Å². The summed E-state index contributed by atoms with van der Waals surface area (Å²) in [6.45, 7) is 4.54. The molecule has 0 aliphatic heterocycles. The van der Waals surface area contributed by atoms with E-state index in [1.54, 1.807) is 0 Å². The SMILES string of the molecule is CCc1ccc2c(c1)C1(c3ccccc3-c3ccc(N(c4ccccc4)c4ccc(-n5c6ccccc6c6ccccc65)cc4)cc31)c1cc(CC)ccc1-2. The fourth-order valence-corrected chi connectivity index (χ4v) is 9.82. The number of rotatable bonds is 6. The summed E-state index contributed by atoms with van der Waals surface area (Å²) >= 11 is 0. The van der Waals surface area contributed by atoms with E-state index in [-0.39, 0.29) is 0 Å². The fraction of sp³-hybridized carbons (Fsp3) is 0.0943. The quantitative estimate of drug-likeness (QED) is 0.167. The lowest BCUT2D eigenvalue weighted by atomic mass is 9.70. The molecule has 2 heteroatoms. The van der Waals surface area contributed by atoms with Crippen LogP contribution in [0.15, 0.2) is 182 Å². The minimum Gasteiger partial charge on any atom is -0.310 e. The maximum Gasteiger partial charge on any atom is 0.0726 e. The van der Waals surface area contributed by atoms with Crippen molar-refractivity contribution in [2.75, 3.05) is 4.90 Å². The Bertz CT molecular complexity index is 2840. The summed E-state index contributed by atoms with van der Waals surface area (Å²) in [5.74, 6) is 0. The van der Waals surface area contributed by atoms with Crippen LogP contribution < -0.4 is 4.90 Å². The Balaban J connectivity index is 1.13. The average Bonchev–Trinajstić information content (AvgIpc) is 3.85. The van der Waals surface area contributed by atoms with Gasteiger partial charge in [0.25, 0.3) is 0 Å². The Morgan fingerprint density at radius 1 is 0.400 bits per heavy atom. The second kappa shape index (κ2) is 12.2. The van der Waals surface area contributed by atoms with E-state index in [9.17, 15) is 0 Å². The molecule has 2 aliphatic rings. The molecule has 0 N–H and O–H groups in total. The number of benzene rings is 8. The number of nitrogens with zero attached hydrogens (tertiary/aromatic N) is 2. The molecular formula is C53H40N2. The van der Waals surface area contributed by atoms with Gasteiger partial charge in [0.1, 0.15) is 0 Å². The number of aryl methyl sites for hydroxylation is 2. The van der Waals surface area contributed by atoms with Gasteiger partial charge in [-0.15, -0.1) is 0 Å². The smallest absolute Gasteiger partial charge is 0.0726 e. The first-order chi connectivity index (χ1) is 27.2. The van der Waals surface area contributed by atoms with Gasteiger partial charge in [-0.1, -0.05) is 135 Å². The van der Waals surface area contributed by atoms with Crippen LogP contribution in [0.25, 0.3) is 49.7 Å². The molecule has 2 aliphatic carbocycles. The number of fused-ring (bicyclic) bond motifs is 13. The maximum absolute atomic E-state index is 2.50. The van der Waals surface area contributed by atoms with Crippen molar-refractivity contribution in [3.63, 3.8) is 0 Å². The number of anilines is 3. The van der Waals surface area contributed by atoms with E-state index in [0.717, 1.165) is 35.6 Å². The molecule has 1 spiro atoms. The molecule has 0 bridgehead atoms. The molecule has 0 radical (unpaired) electrons. The summed E-state index contributed by atoms with van der Waals surface area (Å²) in [7, 11) is 0. The van der Waals surface area contributed by atoms with Crippen molar-refractivity contribution in [3.8, 4) is 27.9 Å². The van der Waals surface area contributed by atoms with Gasteiger partial charge in [-0.05, 0) is 129 Å². The second-order valence-electron chi connectivity index (χ2n) is 15.0. The molecule has 0 saturated carbocycles. The summed E-state index contributed by atoms with van der Waals surface area (Å²) in [5, 5.41) is 2.54. The van der Waals surface area contributed by atoms with Crippen molar-refractivity contribution < 1.29 is 0 Å². The van der Waals surface area contributed by atoms with Crippen LogP contribution in [0.5, 0.6) is 0 Å². The highest BCUT2D eigenvalue weighted by atomic mass is 15.1. The predicted octanol–water partition coefficient (Wildman–Crippen LogP) is 13.7. The number of aromatic nitrogens is 1. The van der Waals surface area contributed by atoms with Gasteiger partial charge in [0, 0.05) is 33.5 Å². The Morgan fingerprint density at radius 3 is 1.49 bits per heavy atom. The molecule has 55 heavy (non-hydrogen) atoms. The lowest BCUT2D eigenvalue weighted by Gasteiger charge is -2.32. The summed E-state index contributed by atoms with van der Waals surface area (Å²) in [6.07, 6.45) is 2.00. The van der Waals surface area contributed by atoms with Crippen molar-refractivity contribution in [2.45, 2.75) is 32.1 Å². The predicted molar refractivity (Wildman–Crippen MR) is 231 cm³/mol. The Labute approximate surface area is 322 Å². The largest absolute Gasteiger partial charge is 0.310 e. The first-order valence-corrected chi connectivity index (χ1v) is 19.6. The van der Waals surface area contributed by atoms with Crippen LogP contribution in [0.1, 0.15) is 47.2 Å². The van der Waals surface area contributed by atoms with E-state index >= 15 is 0 Å². The van der Waals surface area contributed by atoms with E-state index in [2.05, 4.69) is 205 Å². The van der Waals surface area contributed by atoms with Crippen molar-refractivity contribution in [3.05, 3.63) is 215 Å². The molecule has 11 rings (SSSR count). The van der Waals surface area contributed by atoms with Crippen molar-refractivity contribution in [1.82, 2.24) is 4.57 Å². The maximum atomic E-state index is 2.50. The summed E-state index contributed by atoms with van der Waals surface area (Å²) in [6, 6.07) is 68.1. The van der Waals surface area contributed by atoms with Gasteiger partial charge >= 0.3 is 0 Å². The molecule has 2 nitrogen and oxygen atoms in total. The minimum absolute atomic E-state index is 0.411. The zero-order chi connectivity index (χ0) is 36.7. The highest BCUT2D eigenvalue weighted by Gasteiger charge is 2.52. The Kier molecular flexibility index (Phi) is 7.06. The van der Waals surface area contributed by atoms with E-state index in [4.69, 9.17) is 0 Å². The summed E-state index contributed by atoms with van der Waals surface area (Å²) in [5.41, 5.74) is 20.2. The van der Waals surface area contributed by atoms with Gasteiger partial charge in [-0.25, -0.2) is 0 Å². The molecule has 0 saturated heterocycles. The van der Waals surface area contributed by atoms with Crippen LogP contribution in [0.4, 0.5) is 17.1 Å². The first kappa shape index (κ1) is 31.8. The zero-order valence-electron chi connectivity index (χ0n) is 31.1. The topological polar surface area (TPSA) is 8.17 Å². The molecular weight excluding hydrogens is 665 g/mol. The van der Waals surface area contributed by atoms with E-state index in [1.807, 2.05) is 0 Å². The standard InChI is InChI=1S/C53H40N2/c1-3-35-22-29-42-43-30-23-36(4-2)33-49(43)53(48(42)32-35)47-19-11-8-16-41(47)44-31-28-40(34-50(44)53)54(37-14-6-5-7-15-37)38-24-26-39(27-25-38)55-51-20-12-9-17-45(51)46-18-10-13-21-52(46)55/h5-34H,3-4H2,1-2H3. The van der Waals surface area contributed by atoms with Gasteiger partial charge in [-0.3, -0.25) is 0 Å². The molecule has 1 heterocycles. The monoisotopic (exact) mass is 704 g/mol. The Morgan fingerprint density at radius 2 is 0.873 bits per heavy atom. The molecule has 0 amide bonds. The average molecular weight is 705 g/mol. The van der Waals surface area contributed by atoms with Crippen molar-refractivity contribution >= 4 is 38.9 Å². The molecule has 262 valence electrons. The van der Waals surface area contributed by atoms with E-state index in [0.29, 0.717) is 0 Å². The molecule has 0 fully saturated rings. The lowest BCUT2D eigenvalue weighted by molar-refractivity contribution is 0.789. The highest BCUT2D eigenvalue weighted by molar-refractivity contribution is 6.09. The molecule has 9 aromatic rings. The third-order valence-corrected chi connectivity index (χ3v) is 12.3. The van der Waals surface area contributed by atoms with Gasteiger partial charge in [0.2, 0.25) is 0 Å². The molecule has 0 atom stereocenters. The fourth-order valence-electron chi connectivity index (χ4n) is 9.82. The van der Waals surface area contributed by atoms with Crippen LogP contribution in [-0.4, -0.2) is 4.57 Å². The van der Waals surface area contributed by atoms with Gasteiger partial charge in [-0.2, -0.15) is 0 Å². The van der Waals surface area contributed by atoms with Gasteiger partial charge < -0.3 is 9.47 Å². The molecule has 1 aromatic heterocycles. The second-order valence-corrected chi connectivity index (χ2v) is 15.0. The normalized spacial score (nSPS) is 13.2. The third-order valence-electron chi connectivity index (χ3n) is 12.3. The first-order valence-electron chi connectivity index (χ1n) is 19.6. The van der Waals surface area contributed by atoms with Crippen LogP contribution in [-0.2, 0) is 18.3 Å². The number of para-hydroxylation sites is 3. The Hall–Kier alpha value is -6.64. The van der Waals surface area contributed by atoms with E-state index < -0.39 is 5.41 Å².